The van der Waals surface area contributed by atoms with Crippen molar-refractivity contribution in [1.82, 2.24) is 4.90 Å². The first-order valence-corrected chi connectivity index (χ1v) is 8.19. The van der Waals surface area contributed by atoms with Crippen molar-refractivity contribution in [2.75, 3.05) is 27.3 Å². The Hall–Kier alpha value is -1.78. The van der Waals surface area contributed by atoms with E-state index in [9.17, 15) is 0 Å². The van der Waals surface area contributed by atoms with Crippen molar-refractivity contribution < 1.29 is 13.9 Å². The molecule has 0 N–H and O–H groups in total. The second-order valence-electron chi connectivity index (χ2n) is 6.19. The van der Waals surface area contributed by atoms with Crippen molar-refractivity contribution in [3.05, 3.63) is 54.0 Å². The first-order chi connectivity index (χ1) is 11.3. The number of ether oxygens (including phenoxy) is 2. The fourth-order valence-electron chi connectivity index (χ4n) is 3.42. The molecule has 3 rings (SSSR count). The van der Waals surface area contributed by atoms with Crippen LogP contribution < -0.4 is 4.74 Å². The molecule has 1 aromatic heterocycles. The number of nitrogens with zero attached hydrogens (tertiary/aromatic N) is 1. The van der Waals surface area contributed by atoms with Crippen LogP contribution in [0.5, 0.6) is 5.75 Å². The molecule has 1 fully saturated rings. The van der Waals surface area contributed by atoms with E-state index in [1.54, 1.807) is 13.4 Å². The lowest BCUT2D eigenvalue weighted by Crippen LogP contribution is -2.44. The molecule has 0 unspecified atom stereocenters. The van der Waals surface area contributed by atoms with E-state index in [0.717, 1.165) is 44.0 Å². The van der Waals surface area contributed by atoms with Gasteiger partial charge in [0.25, 0.3) is 0 Å². The zero-order valence-electron chi connectivity index (χ0n) is 13.9. The number of hydrogen-bond donors (Lipinski definition) is 0. The molecule has 4 nitrogen and oxygen atoms in total. The lowest BCUT2D eigenvalue weighted by Gasteiger charge is -2.37. The average molecular weight is 315 g/mol. The van der Waals surface area contributed by atoms with Crippen LogP contribution in [0, 0.1) is 5.92 Å². The summed E-state index contributed by atoms with van der Waals surface area (Å²) in [6.45, 7) is 2.96. The van der Waals surface area contributed by atoms with Gasteiger partial charge in [0.05, 0.1) is 26.0 Å². The molecule has 0 spiro atoms. The summed E-state index contributed by atoms with van der Waals surface area (Å²) in [5, 5.41) is 0. The molecule has 0 radical (unpaired) electrons. The van der Waals surface area contributed by atoms with Crippen molar-refractivity contribution in [3.8, 4) is 5.75 Å². The van der Waals surface area contributed by atoms with Crippen LogP contribution in [0.25, 0.3) is 0 Å². The van der Waals surface area contributed by atoms with E-state index in [1.165, 1.54) is 5.56 Å². The van der Waals surface area contributed by atoms with Crippen molar-refractivity contribution in [3.63, 3.8) is 0 Å². The van der Waals surface area contributed by atoms with E-state index >= 15 is 0 Å². The molecular formula is C19H25NO3. The number of benzene rings is 1. The molecule has 1 aliphatic rings. The molecule has 4 heteroatoms. The van der Waals surface area contributed by atoms with Crippen molar-refractivity contribution >= 4 is 0 Å². The molecule has 0 bridgehead atoms. The van der Waals surface area contributed by atoms with Crippen LogP contribution in [0.2, 0.25) is 0 Å². The van der Waals surface area contributed by atoms with E-state index < -0.39 is 0 Å². The predicted octanol–water partition coefficient (Wildman–Crippen LogP) is 3.37. The second kappa shape index (κ2) is 7.66. The molecule has 0 amide bonds. The van der Waals surface area contributed by atoms with E-state index in [1.807, 2.05) is 31.4 Å². The van der Waals surface area contributed by atoms with Crippen LogP contribution in [0.1, 0.15) is 17.7 Å². The number of rotatable bonds is 6. The lowest BCUT2D eigenvalue weighted by molar-refractivity contribution is -0.00997. The van der Waals surface area contributed by atoms with Crippen LogP contribution in [0.15, 0.2) is 47.1 Å². The minimum absolute atomic E-state index is 0.324. The topological polar surface area (TPSA) is 34.8 Å². The van der Waals surface area contributed by atoms with Gasteiger partial charge in [-0.1, -0.05) is 12.1 Å². The average Bonchev–Trinajstić information content (AvgIpc) is 3.09. The Balaban J connectivity index is 1.63. The smallest absolute Gasteiger partial charge is 0.118 e. The van der Waals surface area contributed by atoms with Gasteiger partial charge < -0.3 is 13.9 Å². The van der Waals surface area contributed by atoms with E-state index in [4.69, 9.17) is 13.9 Å². The monoisotopic (exact) mass is 315 g/mol. The minimum atomic E-state index is 0.324. The standard InChI is InChI=1S/C19H25NO3/c1-21-17-7-5-15(6-8-17)12-16-13-20(10-9-19(16)22-2)14-18-4-3-11-23-18/h3-8,11,16,19H,9-10,12-14H2,1-2H3/t16-,19+/m0/s1. The molecular weight excluding hydrogens is 290 g/mol. The zero-order chi connectivity index (χ0) is 16.1. The summed E-state index contributed by atoms with van der Waals surface area (Å²) in [6.07, 6.45) is 4.16. The summed E-state index contributed by atoms with van der Waals surface area (Å²) in [5.41, 5.74) is 1.33. The maximum Gasteiger partial charge on any atom is 0.118 e. The Labute approximate surface area is 138 Å². The zero-order valence-corrected chi connectivity index (χ0v) is 13.9. The SMILES string of the molecule is COc1ccc(C[C@H]2CN(Cc3ccco3)CC[C@H]2OC)cc1. The fraction of sp³-hybridized carbons (Fsp3) is 0.474. The molecule has 0 saturated carbocycles. The van der Waals surface area contributed by atoms with Crippen LogP contribution in [-0.4, -0.2) is 38.3 Å². The van der Waals surface area contributed by atoms with Gasteiger partial charge >= 0.3 is 0 Å². The van der Waals surface area contributed by atoms with Crippen molar-refractivity contribution in [2.45, 2.75) is 25.5 Å². The number of furan rings is 1. The van der Waals surface area contributed by atoms with Gasteiger partial charge in [-0.15, -0.1) is 0 Å². The Morgan fingerprint density at radius 1 is 1.17 bits per heavy atom. The first kappa shape index (κ1) is 16.1. The predicted molar refractivity (Wildman–Crippen MR) is 89.6 cm³/mol. The largest absolute Gasteiger partial charge is 0.497 e. The Bertz CT molecular complexity index is 579. The molecule has 1 saturated heterocycles. The third kappa shape index (κ3) is 4.15. The van der Waals surface area contributed by atoms with E-state index in [0.29, 0.717) is 12.0 Å². The summed E-state index contributed by atoms with van der Waals surface area (Å²) in [7, 11) is 3.53. The quantitative estimate of drug-likeness (QED) is 0.818. The normalized spacial score (nSPS) is 22.2. The number of hydrogen-bond acceptors (Lipinski definition) is 4. The number of likely N-dealkylation sites (tertiary alicyclic amines) is 1. The maximum absolute atomic E-state index is 5.73. The van der Waals surface area contributed by atoms with Gasteiger partial charge in [0.15, 0.2) is 0 Å². The maximum atomic E-state index is 5.73. The van der Waals surface area contributed by atoms with Crippen LogP contribution >= 0.6 is 0 Å². The van der Waals surface area contributed by atoms with Crippen LogP contribution in [0.4, 0.5) is 0 Å². The summed E-state index contributed by atoms with van der Waals surface area (Å²) in [5.74, 6) is 2.43. The highest BCUT2D eigenvalue weighted by atomic mass is 16.5. The van der Waals surface area contributed by atoms with Crippen molar-refractivity contribution in [1.29, 1.82) is 0 Å². The van der Waals surface area contributed by atoms with Crippen LogP contribution in [-0.2, 0) is 17.7 Å². The van der Waals surface area contributed by atoms with Gasteiger partial charge in [-0.3, -0.25) is 4.90 Å². The Morgan fingerprint density at radius 3 is 2.65 bits per heavy atom. The third-order valence-corrected chi connectivity index (χ3v) is 4.67. The molecule has 124 valence electrons. The summed E-state index contributed by atoms with van der Waals surface area (Å²) in [4.78, 5) is 2.46. The van der Waals surface area contributed by atoms with E-state index in [-0.39, 0.29) is 0 Å². The molecule has 2 atom stereocenters. The Kier molecular flexibility index (Phi) is 5.36. The highest BCUT2D eigenvalue weighted by Crippen LogP contribution is 2.25. The number of piperidine rings is 1. The summed E-state index contributed by atoms with van der Waals surface area (Å²) in [6, 6.07) is 12.3. The molecule has 0 aliphatic carbocycles. The van der Waals surface area contributed by atoms with Gasteiger partial charge in [-0.2, -0.15) is 0 Å². The molecule has 1 aliphatic heterocycles. The lowest BCUT2D eigenvalue weighted by atomic mass is 9.88. The molecule has 2 heterocycles. The van der Waals surface area contributed by atoms with Gasteiger partial charge in [-0.25, -0.2) is 0 Å². The minimum Gasteiger partial charge on any atom is -0.497 e. The molecule has 1 aromatic carbocycles. The second-order valence-corrected chi connectivity index (χ2v) is 6.19. The van der Waals surface area contributed by atoms with Gasteiger partial charge in [0, 0.05) is 26.1 Å². The van der Waals surface area contributed by atoms with E-state index in [2.05, 4.69) is 17.0 Å². The van der Waals surface area contributed by atoms with Crippen molar-refractivity contribution in [2.24, 2.45) is 5.92 Å². The number of methoxy groups -OCH3 is 2. The van der Waals surface area contributed by atoms with Gasteiger partial charge in [-0.05, 0) is 42.7 Å². The van der Waals surface area contributed by atoms with Gasteiger partial charge in [0.1, 0.15) is 11.5 Å². The summed E-state index contributed by atoms with van der Waals surface area (Å²) < 4.78 is 16.4. The Morgan fingerprint density at radius 2 is 2.00 bits per heavy atom. The molecule has 2 aromatic rings. The summed E-state index contributed by atoms with van der Waals surface area (Å²) >= 11 is 0. The fourth-order valence-corrected chi connectivity index (χ4v) is 3.42. The van der Waals surface area contributed by atoms with Crippen LogP contribution in [0.3, 0.4) is 0 Å². The highest BCUT2D eigenvalue weighted by molar-refractivity contribution is 5.27. The highest BCUT2D eigenvalue weighted by Gasteiger charge is 2.29. The van der Waals surface area contributed by atoms with Gasteiger partial charge in [0.2, 0.25) is 0 Å². The first-order valence-electron chi connectivity index (χ1n) is 8.19. The molecule has 23 heavy (non-hydrogen) atoms. The third-order valence-electron chi connectivity index (χ3n) is 4.67.